The molecule has 2 N–H and O–H groups in total. The highest BCUT2D eigenvalue weighted by atomic mass is 31.2. The Labute approximate surface area is 141 Å². The molecule has 0 aromatic rings. The highest BCUT2D eigenvalue weighted by molar-refractivity contribution is 7.46. The zero-order valence-electron chi connectivity index (χ0n) is 15.2. The van der Waals surface area contributed by atoms with Crippen molar-refractivity contribution in [1.82, 2.24) is 0 Å². The SMILES string of the molecule is CC(C)CCC[C@@H](C)[C@H]1CCC2[C@@H](OP(=O)(O)O)CCC[C@@]21C. The Hall–Kier alpha value is 0.110. The molecular formula is C18H35O4P. The first kappa shape index (κ1) is 19.4. The minimum Gasteiger partial charge on any atom is -0.303 e. The lowest BCUT2D eigenvalue weighted by molar-refractivity contribution is -0.0265. The van der Waals surface area contributed by atoms with Gasteiger partial charge in [-0.05, 0) is 54.8 Å². The summed E-state index contributed by atoms with van der Waals surface area (Å²) in [4.78, 5) is 18.4. The van der Waals surface area contributed by atoms with E-state index in [-0.39, 0.29) is 11.5 Å². The maximum Gasteiger partial charge on any atom is 0.469 e. The van der Waals surface area contributed by atoms with Gasteiger partial charge in [0.1, 0.15) is 0 Å². The van der Waals surface area contributed by atoms with E-state index in [9.17, 15) is 14.4 Å². The van der Waals surface area contributed by atoms with Crippen LogP contribution in [-0.2, 0) is 9.09 Å². The molecule has 0 heterocycles. The van der Waals surface area contributed by atoms with Crippen molar-refractivity contribution in [3.63, 3.8) is 0 Å². The van der Waals surface area contributed by atoms with Gasteiger partial charge in [0.15, 0.2) is 0 Å². The molecule has 1 unspecified atom stereocenters. The second-order valence-electron chi connectivity index (χ2n) is 8.62. The van der Waals surface area contributed by atoms with Gasteiger partial charge in [0.25, 0.3) is 0 Å². The van der Waals surface area contributed by atoms with Crippen LogP contribution in [0.4, 0.5) is 0 Å². The first-order valence-corrected chi connectivity index (χ1v) is 10.9. The molecule has 5 atom stereocenters. The van der Waals surface area contributed by atoms with Gasteiger partial charge in [0.05, 0.1) is 6.10 Å². The summed E-state index contributed by atoms with van der Waals surface area (Å²) in [6, 6.07) is 0. The molecule has 4 nitrogen and oxygen atoms in total. The number of phosphoric acid groups is 1. The molecule has 0 aliphatic heterocycles. The van der Waals surface area contributed by atoms with Gasteiger partial charge in [-0.25, -0.2) is 4.57 Å². The summed E-state index contributed by atoms with van der Waals surface area (Å²) in [6.07, 6.45) is 8.83. The van der Waals surface area contributed by atoms with Crippen LogP contribution in [0.2, 0.25) is 0 Å². The maximum atomic E-state index is 11.3. The monoisotopic (exact) mass is 346 g/mol. The minimum atomic E-state index is -4.39. The number of hydrogen-bond acceptors (Lipinski definition) is 2. The molecule has 2 fully saturated rings. The van der Waals surface area contributed by atoms with Crippen molar-refractivity contribution in [2.75, 3.05) is 0 Å². The Morgan fingerprint density at radius 3 is 2.48 bits per heavy atom. The largest absolute Gasteiger partial charge is 0.469 e. The van der Waals surface area contributed by atoms with Crippen LogP contribution in [0.1, 0.15) is 79.1 Å². The van der Waals surface area contributed by atoms with Crippen molar-refractivity contribution in [3.05, 3.63) is 0 Å². The fourth-order valence-electron chi connectivity index (χ4n) is 5.45. The normalized spacial score (nSPS) is 36.2. The number of fused-ring (bicyclic) bond motifs is 1. The summed E-state index contributed by atoms with van der Waals surface area (Å²) in [5.41, 5.74) is 0.190. The topological polar surface area (TPSA) is 66.8 Å². The minimum absolute atomic E-state index is 0.190. The zero-order chi connectivity index (χ0) is 17.3. The van der Waals surface area contributed by atoms with Crippen molar-refractivity contribution in [2.24, 2.45) is 29.1 Å². The summed E-state index contributed by atoms with van der Waals surface area (Å²) in [5, 5.41) is 0. The average molecular weight is 346 g/mol. The quantitative estimate of drug-likeness (QED) is 0.626. The predicted octanol–water partition coefficient (Wildman–Crippen LogP) is 5.14. The van der Waals surface area contributed by atoms with Crippen LogP contribution in [0.15, 0.2) is 0 Å². The predicted molar refractivity (Wildman–Crippen MR) is 92.9 cm³/mol. The second kappa shape index (κ2) is 7.56. The molecule has 0 aromatic carbocycles. The standard InChI is InChI=1S/C18H35O4P/c1-13(2)7-5-8-14(3)15-10-11-16-17(22-23(19,20)21)9-6-12-18(15,16)4/h13-17H,5-12H2,1-4H3,(H2,19,20,21)/t14-,15-,16?,17+,18-/m1/s1. The number of hydrogen-bond donors (Lipinski definition) is 2. The molecule has 0 saturated heterocycles. The van der Waals surface area contributed by atoms with Crippen molar-refractivity contribution in [3.8, 4) is 0 Å². The van der Waals surface area contributed by atoms with E-state index in [4.69, 9.17) is 4.52 Å². The van der Waals surface area contributed by atoms with Gasteiger partial charge in [-0.15, -0.1) is 0 Å². The summed E-state index contributed by atoms with van der Waals surface area (Å²) in [7, 11) is -4.39. The number of rotatable bonds is 7. The first-order chi connectivity index (χ1) is 10.6. The van der Waals surface area contributed by atoms with Crippen molar-refractivity contribution in [2.45, 2.75) is 85.2 Å². The molecule has 2 rings (SSSR count). The van der Waals surface area contributed by atoms with E-state index in [0.717, 1.165) is 25.2 Å². The summed E-state index contributed by atoms with van der Waals surface area (Å²) in [6.45, 7) is 9.29. The lowest BCUT2D eigenvalue weighted by atomic mass is 9.61. The lowest BCUT2D eigenvalue weighted by Crippen LogP contribution is -2.42. The Balaban J connectivity index is 2.01. The molecule has 2 aliphatic carbocycles. The summed E-state index contributed by atoms with van der Waals surface area (Å²) in [5.74, 6) is 2.44. The van der Waals surface area contributed by atoms with E-state index < -0.39 is 7.82 Å². The molecular weight excluding hydrogens is 311 g/mol. The molecule has 0 spiro atoms. The van der Waals surface area contributed by atoms with E-state index >= 15 is 0 Å². The van der Waals surface area contributed by atoms with Crippen LogP contribution in [-0.4, -0.2) is 15.9 Å². The third kappa shape index (κ3) is 4.81. The van der Waals surface area contributed by atoms with E-state index in [0.29, 0.717) is 17.8 Å². The van der Waals surface area contributed by atoms with E-state index in [1.54, 1.807) is 0 Å². The molecule has 0 aromatic heterocycles. The Kier molecular flexibility index (Phi) is 6.39. The highest BCUT2D eigenvalue weighted by Gasteiger charge is 2.53. The molecule has 23 heavy (non-hydrogen) atoms. The van der Waals surface area contributed by atoms with E-state index in [1.165, 1.54) is 32.1 Å². The van der Waals surface area contributed by atoms with Gasteiger partial charge in [0.2, 0.25) is 0 Å². The Bertz CT molecular complexity index is 433. The molecule has 2 aliphatic rings. The van der Waals surface area contributed by atoms with Crippen molar-refractivity contribution >= 4 is 7.82 Å². The van der Waals surface area contributed by atoms with Gasteiger partial charge >= 0.3 is 7.82 Å². The molecule has 136 valence electrons. The fraction of sp³-hybridized carbons (Fsp3) is 1.00. The molecule has 0 bridgehead atoms. The van der Waals surface area contributed by atoms with Gasteiger partial charge < -0.3 is 9.79 Å². The smallest absolute Gasteiger partial charge is 0.303 e. The van der Waals surface area contributed by atoms with Gasteiger partial charge in [0, 0.05) is 0 Å². The summed E-state index contributed by atoms with van der Waals surface area (Å²) >= 11 is 0. The van der Waals surface area contributed by atoms with Crippen molar-refractivity contribution in [1.29, 1.82) is 0 Å². The Morgan fingerprint density at radius 2 is 1.87 bits per heavy atom. The van der Waals surface area contributed by atoms with E-state index in [1.807, 2.05) is 0 Å². The third-order valence-corrected chi connectivity index (χ3v) is 7.08. The highest BCUT2D eigenvalue weighted by Crippen LogP contribution is 2.60. The summed E-state index contributed by atoms with van der Waals surface area (Å²) < 4.78 is 16.5. The van der Waals surface area contributed by atoms with Crippen LogP contribution in [0.3, 0.4) is 0 Å². The fourth-order valence-corrected chi connectivity index (χ4v) is 6.05. The zero-order valence-corrected chi connectivity index (χ0v) is 16.1. The van der Waals surface area contributed by atoms with Crippen LogP contribution < -0.4 is 0 Å². The molecule has 5 heteroatoms. The van der Waals surface area contributed by atoms with Crippen LogP contribution in [0, 0.1) is 29.1 Å². The van der Waals surface area contributed by atoms with Crippen LogP contribution >= 0.6 is 7.82 Å². The third-order valence-electron chi connectivity index (χ3n) is 6.54. The second-order valence-corrected chi connectivity index (χ2v) is 9.82. The molecule has 0 radical (unpaired) electrons. The average Bonchev–Trinajstić information content (AvgIpc) is 2.74. The van der Waals surface area contributed by atoms with Gasteiger partial charge in [-0.3, -0.25) is 4.52 Å². The molecule has 0 amide bonds. The number of phosphoric ester groups is 1. The Morgan fingerprint density at radius 1 is 1.17 bits per heavy atom. The lowest BCUT2D eigenvalue weighted by Gasteiger charge is -2.46. The van der Waals surface area contributed by atoms with Crippen molar-refractivity contribution < 1.29 is 18.9 Å². The van der Waals surface area contributed by atoms with Gasteiger partial charge in [-0.2, -0.15) is 0 Å². The van der Waals surface area contributed by atoms with Gasteiger partial charge in [-0.1, -0.05) is 53.4 Å². The maximum absolute atomic E-state index is 11.3. The van der Waals surface area contributed by atoms with Crippen LogP contribution in [0.25, 0.3) is 0 Å². The van der Waals surface area contributed by atoms with E-state index in [2.05, 4.69) is 27.7 Å². The molecule has 2 saturated carbocycles. The first-order valence-electron chi connectivity index (χ1n) is 9.37. The van der Waals surface area contributed by atoms with Crippen LogP contribution in [0.5, 0.6) is 0 Å².